The third-order valence-electron chi connectivity index (χ3n) is 2.99. The molecule has 5 nitrogen and oxygen atoms in total. The molecule has 1 amide bonds. The maximum absolute atomic E-state index is 11.9. The van der Waals surface area contributed by atoms with Crippen molar-refractivity contribution in [3.63, 3.8) is 0 Å². The lowest BCUT2D eigenvalue weighted by Gasteiger charge is -2.12. The fourth-order valence-corrected chi connectivity index (χ4v) is 1.75. The molecule has 0 aliphatic heterocycles. The quantitative estimate of drug-likeness (QED) is 0.883. The Hall–Kier alpha value is -2.30. The Labute approximate surface area is 110 Å². The van der Waals surface area contributed by atoms with Crippen LogP contribution in [-0.4, -0.2) is 23.0 Å². The molecule has 0 bridgehead atoms. The smallest absolute Gasteiger partial charge is 0.325 e. The highest BCUT2D eigenvalue weighted by Crippen LogP contribution is 2.25. The number of furan rings is 1. The highest BCUT2D eigenvalue weighted by molar-refractivity contribution is 5.88. The minimum atomic E-state index is -1.06. The summed E-state index contributed by atoms with van der Waals surface area (Å²) in [5, 5.41) is 12.1. The van der Waals surface area contributed by atoms with Gasteiger partial charge in [0.1, 0.15) is 17.4 Å². The van der Waals surface area contributed by atoms with Gasteiger partial charge in [0.15, 0.2) is 0 Å². The summed E-state index contributed by atoms with van der Waals surface area (Å²) in [7, 11) is 0. The molecule has 1 unspecified atom stereocenters. The Bertz CT molecular complexity index is 584. The molecule has 1 aromatic carbocycles. The SMILES string of the molecule is CC(C(=O)N[C@@H](C)C(=O)O)c1cc2ccccc2o1. The van der Waals surface area contributed by atoms with Gasteiger partial charge in [-0.15, -0.1) is 0 Å². The average Bonchev–Trinajstić information content (AvgIpc) is 2.81. The van der Waals surface area contributed by atoms with Crippen molar-refractivity contribution in [3.05, 3.63) is 36.1 Å². The Kier molecular flexibility index (Phi) is 3.55. The summed E-state index contributed by atoms with van der Waals surface area (Å²) < 4.78 is 5.58. The van der Waals surface area contributed by atoms with Gasteiger partial charge in [-0.05, 0) is 26.0 Å². The van der Waals surface area contributed by atoms with Gasteiger partial charge in [-0.3, -0.25) is 9.59 Å². The van der Waals surface area contributed by atoms with E-state index in [0.29, 0.717) is 11.3 Å². The van der Waals surface area contributed by atoms with Gasteiger partial charge in [-0.25, -0.2) is 0 Å². The second kappa shape index (κ2) is 5.14. The normalized spacial score (nSPS) is 14.0. The molecule has 2 rings (SSSR count). The lowest BCUT2D eigenvalue weighted by Crippen LogP contribution is -2.40. The van der Waals surface area contributed by atoms with Crippen LogP contribution in [0, 0.1) is 0 Å². The maximum Gasteiger partial charge on any atom is 0.325 e. The molecular weight excluding hydrogens is 246 g/mol. The summed E-state index contributed by atoms with van der Waals surface area (Å²) in [5.74, 6) is -1.44. The second-order valence-corrected chi connectivity index (χ2v) is 4.48. The first-order chi connectivity index (χ1) is 8.99. The summed E-state index contributed by atoms with van der Waals surface area (Å²) in [5.41, 5.74) is 0.712. The number of carbonyl (C=O) groups excluding carboxylic acids is 1. The molecule has 0 aliphatic rings. The van der Waals surface area contributed by atoms with E-state index in [2.05, 4.69) is 5.32 Å². The molecule has 2 N–H and O–H groups in total. The molecule has 0 radical (unpaired) electrons. The van der Waals surface area contributed by atoms with Gasteiger partial charge in [0.05, 0.1) is 5.92 Å². The molecule has 0 fully saturated rings. The second-order valence-electron chi connectivity index (χ2n) is 4.48. The molecule has 5 heteroatoms. The first kappa shape index (κ1) is 13.1. The summed E-state index contributed by atoms with van der Waals surface area (Å²) >= 11 is 0. The number of carboxylic acid groups (broad SMARTS) is 1. The molecule has 19 heavy (non-hydrogen) atoms. The van der Waals surface area contributed by atoms with E-state index in [1.54, 1.807) is 13.0 Å². The summed E-state index contributed by atoms with van der Waals surface area (Å²) in [6.45, 7) is 3.10. The molecule has 1 aromatic heterocycles. The number of benzene rings is 1. The number of aliphatic carboxylic acids is 1. The number of amides is 1. The summed E-state index contributed by atoms with van der Waals surface area (Å²) in [6.07, 6.45) is 0. The van der Waals surface area contributed by atoms with Gasteiger partial charge in [-0.2, -0.15) is 0 Å². The number of carbonyl (C=O) groups is 2. The fraction of sp³-hybridized carbons (Fsp3) is 0.286. The van der Waals surface area contributed by atoms with Crippen molar-refractivity contribution >= 4 is 22.8 Å². The molecule has 0 aliphatic carbocycles. The number of para-hydroxylation sites is 1. The summed E-state index contributed by atoms with van der Waals surface area (Å²) in [4.78, 5) is 22.6. The van der Waals surface area contributed by atoms with E-state index in [1.807, 2.05) is 24.3 Å². The molecule has 1 heterocycles. The van der Waals surface area contributed by atoms with Crippen LogP contribution in [0.5, 0.6) is 0 Å². The third-order valence-corrected chi connectivity index (χ3v) is 2.99. The predicted octanol–water partition coefficient (Wildman–Crippen LogP) is 2.13. The largest absolute Gasteiger partial charge is 0.480 e. The summed E-state index contributed by atoms with van der Waals surface area (Å²) in [6, 6.07) is 8.34. The fourth-order valence-electron chi connectivity index (χ4n) is 1.75. The van der Waals surface area contributed by atoms with Crippen LogP contribution >= 0.6 is 0 Å². The Morgan fingerprint density at radius 3 is 2.58 bits per heavy atom. The van der Waals surface area contributed by atoms with Crippen molar-refractivity contribution in [2.24, 2.45) is 0 Å². The standard InChI is InChI=1S/C14H15NO4/c1-8(13(16)15-9(2)14(17)18)12-7-10-5-3-4-6-11(10)19-12/h3-9H,1-2H3,(H,15,16)(H,17,18)/t8?,9-/m0/s1. The highest BCUT2D eigenvalue weighted by Gasteiger charge is 2.22. The van der Waals surface area contributed by atoms with Crippen molar-refractivity contribution < 1.29 is 19.1 Å². The van der Waals surface area contributed by atoms with Gasteiger partial charge in [0.25, 0.3) is 0 Å². The van der Waals surface area contributed by atoms with Crippen LogP contribution in [0.1, 0.15) is 25.5 Å². The third kappa shape index (κ3) is 2.76. The van der Waals surface area contributed by atoms with Gasteiger partial charge >= 0.3 is 5.97 Å². The van der Waals surface area contributed by atoms with E-state index in [4.69, 9.17) is 9.52 Å². The van der Waals surface area contributed by atoms with Crippen LogP contribution in [0.3, 0.4) is 0 Å². The monoisotopic (exact) mass is 261 g/mol. The van der Waals surface area contributed by atoms with Crippen molar-refractivity contribution in [2.45, 2.75) is 25.8 Å². The van der Waals surface area contributed by atoms with Crippen molar-refractivity contribution in [1.29, 1.82) is 0 Å². The Morgan fingerprint density at radius 2 is 1.95 bits per heavy atom. The topological polar surface area (TPSA) is 79.5 Å². The van der Waals surface area contributed by atoms with Crippen LogP contribution in [0.4, 0.5) is 0 Å². The molecule has 0 saturated heterocycles. The van der Waals surface area contributed by atoms with Crippen molar-refractivity contribution in [3.8, 4) is 0 Å². The zero-order valence-electron chi connectivity index (χ0n) is 10.7. The van der Waals surface area contributed by atoms with E-state index in [1.165, 1.54) is 6.92 Å². The number of fused-ring (bicyclic) bond motifs is 1. The molecule has 2 aromatic rings. The van der Waals surface area contributed by atoms with E-state index in [0.717, 1.165) is 5.39 Å². The van der Waals surface area contributed by atoms with E-state index >= 15 is 0 Å². The van der Waals surface area contributed by atoms with E-state index in [-0.39, 0.29) is 5.91 Å². The average molecular weight is 261 g/mol. The predicted molar refractivity (Wildman–Crippen MR) is 69.9 cm³/mol. The molecule has 2 atom stereocenters. The molecule has 100 valence electrons. The van der Waals surface area contributed by atoms with Gasteiger partial charge in [0, 0.05) is 5.39 Å². The number of rotatable bonds is 4. The van der Waals surface area contributed by atoms with Gasteiger partial charge in [0.2, 0.25) is 5.91 Å². The lowest BCUT2D eigenvalue weighted by molar-refractivity contribution is -0.141. The van der Waals surface area contributed by atoms with Crippen LogP contribution in [-0.2, 0) is 9.59 Å². The first-order valence-corrected chi connectivity index (χ1v) is 6.00. The van der Waals surface area contributed by atoms with Crippen LogP contribution < -0.4 is 5.32 Å². The number of carboxylic acids is 1. The Balaban J connectivity index is 2.16. The lowest BCUT2D eigenvalue weighted by atomic mass is 10.1. The minimum Gasteiger partial charge on any atom is -0.480 e. The number of hydrogen-bond acceptors (Lipinski definition) is 3. The van der Waals surface area contributed by atoms with Crippen LogP contribution in [0.15, 0.2) is 34.7 Å². The highest BCUT2D eigenvalue weighted by atomic mass is 16.4. The van der Waals surface area contributed by atoms with Crippen molar-refractivity contribution in [2.75, 3.05) is 0 Å². The zero-order valence-corrected chi connectivity index (χ0v) is 10.7. The molecule has 0 saturated carbocycles. The minimum absolute atomic E-state index is 0.367. The van der Waals surface area contributed by atoms with Crippen molar-refractivity contribution in [1.82, 2.24) is 5.32 Å². The molecule has 0 spiro atoms. The Morgan fingerprint density at radius 1 is 1.26 bits per heavy atom. The first-order valence-electron chi connectivity index (χ1n) is 6.00. The molecular formula is C14H15NO4. The van der Waals surface area contributed by atoms with Crippen LogP contribution in [0.2, 0.25) is 0 Å². The van der Waals surface area contributed by atoms with E-state index in [9.17, 15) is 9.59 Å². The zero-order chi connectivity index (χ0) is 14.0. The van der Waals surface area contributed by atoms with Gasteiger partial charge in [-0.1, -0.05) is 18.2 Å². The van der Waals surface area contributed by atoms with Gasteiger partial charge < -0.3 is 14.8 Å². The number of hydrogen-bond donors (Lipinski definition) is 2. The number of nitrogens with one attached hydrogen (secondary N) is 1. The van der Waals surface area contributed by atoms with Crippen LogP contribution in [0.25, 0.3) is 11.0 Å². The van der Waals surface area contributed by atoms with E-state index < -0.39 is 17.9 Å². The maximum atomic E-state index is 11.9.